The summed E-state index contributed by atoms with van der Waals surface area (Å²) < 4.78 is 0. The van der Waals surface area contributed by atoms with Crippen LogP contribution in [0.2, 0.25) is 0 Å². The molecule has 392 valence electrons. The van der Waals surface area contributed by atoms with E-state index in [1.54, 1.807) is 6.20 Å². The third-order valence-corrected chi connectivity index (χ3v) is 13.5. The summed E-state index contributed by atoms with van der Waals surface area (Å²) in [5, 5.41) is 21.9. The van der Waals surface area contributed by atoms with E-state index in [9.17, 15) is 38.4 Å². The summed E-state index contributed by atoms with van der Waals surface area (Å²) in [6.07, 6.45) is 6.70. The number of primary amides is 1. The molecule has 4 heterocycles. The van der Waals surface area contributed by atoms with Crippen molar-refractivity contribution in [3.8, 4) is 0 Å². The molecule has 2 saturated heterocycles. The Morgan fingerprint density at radius 3 is 2.27 bits per heavy atom. The van der Waals surface area contributed by atoms with Crippen molar-refractivity contribution in [3.05, 3.63) is 102 Å². The molecule has 3 aromatic carbocycles. The number of carbonyl (C=O) groups is 9. The maximum atomic E-state index is 15.1. The van der Waals surface area contributed by atoms with E-state index in [1.165, 1.54) is 24.3 Å². The number of fused-ring (bicyclic) bond motifs is 3. The lowest BCUT2D eigenvalue weighted by Gasteiger charge is -2.31. The molecule has 2 aromatic heterocycles. The fourth-order valence-electron chi connectivity index (χ4n) is 9.59. The molecular formula is C53H66N12O9. The summed E-state index contributed by atoms with van der Waals surface area (Å²) >= 11 is 0. The standard InChI is InChI=1S/C53H66N12O9/c1-3-4-15-40(59-31(2)66)48(69)62-43-27-46(67)56-21-10-9-17-39(47(54)68)60-49(70)41(25-35-28-57-38-16-8-7-14-37(35)38)63-52(73)45-18-11-22-65(45)53(74)44(24-32-19-20-33-12-5-6-13-34(33)23-32)64-50(71)42(61-51(43)72)26-36-29-55-30-58-36/h5-8,12-14,16,19-20,23,28-30,39-45,57H,3-4,9-11,15,17-18,21-22,24-27H2,1-2H3,(H2,54,68)(H,55,58)(H,56,67)(H,59,66)(H,60,70)(H,61,72)(H,62,69)(H,63,73)(H,64,71)/t39-,40-,41-,42-,43-,44-,45+/m0/s1. The van der Waals surface area contributed by atoms with Gasteiger partial charge >= 0.3 is 0 Å². The fourth-order valence-corrected chi connectivity index (χ4v) is 9.59. The van der Waals surface area contributed by atoms with Crippen LogP contribution in [0.4, 0.5) is 0 Å². The minimum absolute atomic E-state index is 0.0118. The van der Waals surface area contributed by atoms with Crippen molar-refractivity contribution in [3.63, 3.8) is 0 Å². The SMILES string of the molecule is CCCC[C@H](NC(C)=O)C(=O)N[C@H]1CC(=O)NCCCC[C@@H](C(N)=O)NC(=O)[C@H](Cc2c[nH]c3ccccc23)NC(=O)[C@H]2CCCN2C(=O)[C@H](Cc2ccc3ccccc3c2)NC(=O)[C@H](Cc2cnc[nH]2)NC1=O. The van der Waals surface area contributed by atoms with Crippen molar-refractivity contribution in [2.75, 3.05) is 13.1 Å². The number of nitrogens with zero attached hydrogens (tertiary/aromatic N) is 2. The Balaban J connectivity index is 1.24. The first-order valence-electron chi connectivity index (χ1n) is 25.3. The zero-order valence-corrected chi connectivity index (χ0v) is 41.7. The van der Waals surface area contributed by atoms with Gasteiger partial charge in [0.2, 0.25) is 53.2 Å². The third kappa shape index (κ3) is 14.3. The van der Waals surface area contributed by atoms with Crippen LogP contribution in [0.1, 0.15) is 88.5 Å². The Morgan fingerprint density at radius 2 is 1.51 bits per heavy atom. The third-order valence-electron chi connectivity index (χ3n) is 13.5. The molecule has 0 aliphatic carbocycles. The van der Waals surface area contributed by atoms with E-state index in [-0.39, 0.29) is 51.6 Å². The maximum Gasteiger partial charge on any atom is 0.246 e. The minimum Gasteiger partial charge on any atom is -0.368 e. The minimum atomic E-state index is -1.55. The molecule has 0 saturated carbocycles. The van der Waals surface area contributed by atoms with Gasteiger partial charge in [0.1, 0.15) is 42.3 Å². The predicted octanol–water partition coefficient (Wildman–Crippen LogP) is 1.36. The number of hydrogen-bond acceptors (Lipinski definition) is 10. The van der Waals surface area contributed by atoms with E-state index in [1.807, 2.05) is 73.7 Å². The van der Waals surface area contributed by atoms with Crippen molar-refractivity contribution in [2.24, 2.45) is 5.73 Å². The van der Waals surface area contributed by atoms with Crippen LogP contribution in [0.25, 0.3) is 21.7 Å². The number of nitrogens with one attached hydrogen (secondary N) is 9. The number of rotatable bonds is 13. The number of benzene rings is 3. The number of carbonyl (C=O) groups excluding carboxylic acids is 9. The van der Waals surface area contributed by atoms with Gasteiger partial charge in [-0.25, -0.2) is 4.98 Å². The first kappa shape index (κ1) is 53.7. The second kappa shape index (κ2) is 25.5. The van der Waals surface area contributed by atoms with Crippen molar-refractivity contribution in [2.45, 2.75) is 133 Å². The number of amides is 9. The number of hydrogen-bond donors (Lipinski definition) is 10. The molecule has 21 heteroatoms. The summed E-state index contributed by atoms with van der Waals surface area (Å²) in [7, 11) is 0. The summed E-state index contributed by atoms with van der Waals surface area (Å²) in [6, 6.07) is 12.0. The molecule has 9 amide bonds. The predicted molar refractivity (Wildman–Crippen MR) is 274 cm³/mol. The maximum absolute atomic E-state index is 15.1. The molecule has 0 spiro atoms. The van der Waals surface area contributed by atoms with Gasteiger partial charge in [0.25, 0.3) is 0 Å². The van der Waals surface area contributed by atoms with Crippen LogP contribution >= 0.6 is 0 Å². The topological polar surface area (TPSA) is 312 Å². The van der Waals surface area contributed by atoms with Gasteiger partial charge in [-0.1, -0.05) is 80.4 Å². The molecule has 0 bridgehead atoms. The van der Waals surface area contributed by atoms with E-state index < -0.39 is 102 Å². The molecule has 2 fully saturated rings. The van der Waals surface area contributed by atoms with Crippen LogP contribution in [0.15, 0.2) is 85.5 Å². The number of aromatic nitrogens is 3. The molecule has 0 unspecified atom stereocenters. The lowest BCUT2D eigenvalue weighted by atomic mass is 9.99. The van der Waals surface area contributed by atoms with E-state index >= 15 is 4.79 Å². The number of H-pyrrole nitrogens is 2. The first-order chi connectivity index (χ1) is 35.7. The van der Waals surface area contributed by atoms with Gasteiger partial charge in [-0.3, -0.25) is 43.2 Å². The number of unbranched alkanes of at least 4 members (excludes halogenated alkanes) is 1. The van der Waals surface area contributed by atoms with E-state index in [2.05, 4.69) is 52.2 Å². The van der Waals surface area contributed by atoms with Crippen LogP contribution in [-0.4, -0.2) is 128 Å². The number of nitrogens with two attached hydrogens (primary N) is 1. The first-order valence-corrected chi connectivity index (χ1v) is 25.3. The smallest absolute Gasteiger partial charge is 0.246 e. The second-order valence-corrected chi connectivity index (χ2v) is 19.1. The monoisotopic (exact) mass is 1010 g/mol. The van der Waals surface area contributed by atoms with Gasteiger partial charge in [-0.05, 0) is 66.5 Å². The highest BCUT2D eigenvalue weighted by molar-refractivity contribution is 5.99. The van der Waals surface area contributed by atoms with Gasteiger partial charge in [-0.2, -0.15) is 0 Å². The Morgan fingerprint density at radius 1 is 0.784 bits per heavy atom. The Hall–Kier alpha value is -8.10. The van der Waals surface area contributed by atoms with Crippen molar-refractivity contribution < 1.29 is 43.2 Å². The largest absolute Gasteiger partial charge is 0.368 e. The lowest BCUT2D eigenvalue weighted by molar-refractivity contribution is -0.142. The highest BCUT2D eigenvalue weighted by atomic mass is 16.2. The molecule has 7 rings (SSSR count). The Kier molecular flexibility index (Phi) is 18.5. The van der Waals surface area contributed by atoms with Crippen molar-refractivity contribution >= 4 is 74.8 Å². The molecule has 0 radical (unpaired) electrons. The highest BCUT2D eigenvalue weighted by Crippen LogP contribution is 2.24. The van der Waals surface area contributed by atoms with Crippen LogP contribution < -0.4 is 43.0 Å². The van der Waals surface area contributed by atoms with Crippen molar-refractivity contribution in [1.82, 2.24) is 57.1 Å². The zero-order valence-electron chi connectivity index (χ0n) is 41.7. The van der Waals surface area contributed by atoms with E-state index in [0.29, 0.717) is 48.9 Å². The van der Waals surface area contributed by atoms with Crippen LogP contribution in [0.3, 0.4) is 0 Å². The van der Waals surface area contributed by atoms with E-state index in [0.717, 1.165) is 21.7 Å². The normalized spacial score (nSPS) is 22.4. The summed E-state index contributed by atoms with van der Waals surface area (Å²) in [4.78, 5) is 137. The molecular weight excluding hydrogens is 949 g/mol. The number of imidazole rings is 1. The molecule has 5 aromatic rings. The molecule has 7 atom stereocenters. The zero-order chi connectivity index (χ0) is 52.7. The number of para-hydroxylation sites is 1. The Bertz CT molecular complexity index is 2830. The summed E-state index contributed by atoms with van der Waals surface area (Å²) in [5.41, 5.74) is 8.45. The van der Waals surface area contributed by atoms with Gasteiger partial charge in [0, 0.05) is 68.3 Å². The second-order valence-electron chi connectivity index (χ2n) is 19.1. The van der Waals surface area contributed by atoms with Crippen LogP contribution in [-0.2, 0) is 62.4 Å². The van der Waals surface area contributed by atoms with Gasteiger partial charge in [0.15, 0.2) is 0 Å². The molecule has 2 aliphatic rings. The average Bonchev–Trinajstić information content (AvgIpc) is 4.18. The van der Waals surface area contributed by atoms with Crippen LogP contribution in [0.5, 0.6) is 0 Å². The van der Waals surface area contributed by atoms with E-state index in [4.69, 9.17) is 5.73 Å². The highest BCUT2D eigenvalue weighted by Gasteiger charge is 2.41. The Labute approximate surface area is 428 Å². The lowest BCUT2D eigenvalue weighted by Crippen LogP contribution is -2.61. The van der Waals surface area contributed by atoms with Crippen LogP contribution in [0, 0.1) is 0 Å². The van der Waals surface area contributed by atoms with Gasteiger partial charge < -0.3 is 57.8 Å². The van der Waals surface area contributed by atoms with Gasteiger partial charge in [-0.15, -0.1) is 0 Å². The molecule has 74 heavy (non-hydrogen) atoms. The fraction of sp³-hybridized carbons (Fsp3) is 0.434. The van der Waals surface area contributed by atoms with Gasteiger partial charge in [0.05, 0.1) is 12.7 Å². The van der Waals surface area contributed by atoms with Crippen molar-refractivity contribution in [1.29, 1.82) is 0 Å². The average molecular weight is 1020 g/mol. The molecule has 2 aliphatic heterocycles. The summed E-state index contributed by atoms with van der Waals surface area (Å²) in [5.74, 6) is -6.25. The quantitative estimate of drug-likeness (QED) is 0.0808. The molecule has 11 N–H and O–H groups in total. The molecule has 21 nitrogen and oxygen atoms in total. The number of aromatic amines is 2. The summed E-state index contributed by atoms with van der Waals surface area (Å²) in [6.45, 7) is 3.38.